The maximum absolute atomic E-state index is 12.3. The molecule has 0 radical (unpaired) electrons. The predicted molar refractivity (Wildman–Crippen MR) is 72.5 cm³/mol. The Morgan fingerprint density at radius 1 is 1.06 bits per heavy atom. The molecule has 0 saturated heterocycles. The number of hydrogen-bond donors (Lipinski definition) is 1. The highest BCUT2D eigenvalue weighted by Crippen LogP contribution is 2.17. The highest BCUT2D eigenvalue weighted by molar-refractivity contribution is 5.21. The number of hydrogen-bond acceptors (Lipinski definition) is 1. The molecule has 1 rings (SSSR count). The zero-order chi connectivity index (χ0) is 13.2. The molecule has 0 aliphatic heterocycles. The van der Waals surface area contributed by atoms with Crippen molar-refractivity contribution >= 4 is 0 Å². The molecule has 1 N–H and O–H groups in total. The van der Waals surface area contributed by atoms with E-state index in [-0.39, 0.29) is 5.56 Å². The lowest BCUT2D eigenvalue weighted by Crippen LogP contribution is -2.22. The van der Waals surface area contributed by atoms with Crippen molar-refractivity contribution in [3.05, 3.63) is 21.6 Å². The fourth-order valence-corrected chi connectivity index (χ4v) is 2.20. The van der Waals surface area contributed by atoms with Gasteiger partial charge in [-0.25, -0.2) is 0 Å². The van der Waals surface area contributed by atoms with Gasteiger partial charge in [-0.05, 0) is 24.2 Å². The van der Waals surface area contributed by atoms with Gasteiger partial charge in [0.15, 0.2) is 0 Å². The van der Waals surface area contributed by atoms with Crippen LogP contribution in [0.25, 0.3) is 0 Å². The van der Waals surface area contributed by atoms with Crippen LogP contribution in [0.2, 0.25) is 0 Å². The summed E-state index contributed by atoms with van der Waals surface area (Å²) in [5.41, 5.74) is 2.27. The molecule has 0 fully saturated rings. The Morgan fingerprint density at radius 2 is 1.65 bits per heavy atom. The molecule has 0 amide bonds. The summed E-state index contributed by atoms with van der Waals surface area (Å²) in [6.07, 6.45) is 0.952. The second kappa shape index (κ2) is 5.56. The van der Waals surface area contributed by atoms with Gasteiger partial charge in [0, 0.05) is 17.8 Å². The maximum atomic E-state index is 12.3. The first-order valence-electron chi connectivity index (χ1n) is 6.64. The summed E-state index contributed by atoms with van der Waals surface area (Å²) in [4.78, 5) is 12.3. The Bertz CT molecular complexity index is 410. The predicted octanol–water partition coefficient (Wildman–Crippen LogP) is 3.15. The van der Waals surface area contributed by atoms with Crippen LogP contribution >= 0.6 is 0 Å². The van der Waals surface area contributed by atoms with Gasteiger partial charge in [0.2, 0.25) is 0 Å². The Labute approximate surface area is 104 Å². The molecule has 0 aromatic carbocycles. The van der Waals surface area contributed by atoms with E-state index < -0.39 is 0 Å². The lowest BCUT2D eigenvalue weighted by Gasteiger charge is -2.07. The van der Waals surface area contributed by atoms with Gasteiger partial charge in [0.25, 0.3) is 5.56 Å². The van der Waals surface area contributed by atoms with Crippen LogP contribution < -0.4 is 5.56 Å². The van der Waals surface area contributed by atoms with E-state index in [0.29, 0.717) is 17.8 Å². The fourth-order valence-electron chi connectivity index (χ4n) is 2.20. The van der Waals surface area contributed by atoms with Gasteiger partial charge in [0.1, 0.15) is 0 Å². The standard InChI is InChI=1S/C14H26N2O/c1-9(2)7-12-13(11(5)6)14(17)16(15-12)8-10(3)4/h9-11,15H,7-8H2,1-6H3. The Kier molecular flexibility index (Phi) is 4.61. The van der Waals surface area contributed by atoms with Crippen molar-refractivity contribution < 1.29 is 0 Å². The van der Waals surface area contributed by atoms with Crippen LogP contribution in [0.4, 0.5) is 0 Å². The molecular weight excluding hydrogens is 212 g/mol. The average molecular weight is 238 g/mol. The van der Waals surface area contributed by atoms with Gasteiger partial charge in [0.05, 0.1) is 0 Å². The monoisotopic (exact) mass is 238 g/mol. The molecule has 1 aromatic rings. The first kappa shape index (κ1) is 14.1. The Hall–Kier alpha value is -0.990. The van der Waals surface area contributed by atoms with Crippen molar-refractivity contribution in [2.45, 2.75) is 60.4 Å². The van der Waals surface area contributed by atoms with Crippen molar-refractivity contribution in [3.63, 3.8) is 0 Å². The lowest BCUT2D eigenvalue weighted by atomic mass is 9.98. The topological polar surface area (TPSA) is 37.8 Å². The highest BCUT2D eigenvalue weighted by Gasteiger charge is 2.18. The van der Waals surface area contributed by atoms with Crippen LogP contribution in [-0.4, -0.2) is 9.78 Å². The van der Waals surface area contributed by atoms with E-state index in [1.54, 1.807) is 4.68 Å². The molecule has 1 aromatic heterocycles. The third-order valence-electron chi connectivity index (χ3n) is 2.81. The van der Waals surface area contributed by atoms with Crippen molar-refractivity contribution in [1.82, 2.24) is 9.78 Å². The number of rotatable bonds is 5. The van der Waals surface area contributed by atoms with Crippen LogP contribution in [0.5, 0.6) is 0 Å². The second-order valence-electron chi connectivity index (χ2n) is 6.07. The minimum Gasteiger partial charge on any atom is -0.299 e. The summed E-state index contributed by atoms with van der Waals surface area (Å²) in [6, 6.07) is 0. The van der Waals surface area contributed by atoms with Crippen molar-refractivity contribution in [3.8, 4) is 0 Å². The Morgan fingerprint density at radius 3 is 2.06 bits per heavy atom. The van der Waals surface area contributed by atoms with E-state index in [2.05, 4.69) is 46.6 Å². The number of nitrogens with one attached hydrogen (secondary N) is 1. The molecule has 0 bridgehead atoms. The van der Waals surface area contributed by atoms with Crippen molar-refractivity contribution in [2.24, 2.45) is 11.8 Å². The van der Waals surface area contributed by atoms with E-state index in [1.165, 1.54) is 0 Å². The molecule has 0 aliphatic carbocycles. The number of H-pyrrole nitrogens is 1. The van der Waals surface area contributed by atoms with Gasteiger partial charge in [-0.2, -0.15) is 0 Å². The van der Waals surface area contributed by atoms with E-state index in [4.69, 9.17) is 0 Å². The molecule has 0 aliphatic rings. The number of aromatic amines is 1. The summed E-state index contributed by atoms with van der Waals surface area (Å²) in [6.45, 7) is 13.6. The van der Waals surface area contributed by atoms with Crippen LogP contribution in [0.15, 0.2) is 4.79 Å². The Balaban J connectivity index is 3.15. The summed E-state index contributed by atoms with van der Waals surface area (Å²) < 4.78 is 1.78. The molecule has 98 valence electrons. The molecule has 0 spiro atoms. The molecule has 1 heterocycles. The van der Waals surface area contributed by atoms with Gasteiger partial charge in [-0.15, -0.1) is 0 Å². The van der Waals surface area contributed by atoms with Gasteiger partial charge in [-0.3, -0.25) is 14.6 Å². The zero-order valence-corrected chi connectivity index (χ0v) is 12.0. The maximum Gasteiger partial charge on any atom is 0.270 e. The highest BCUT2D eigenvalue weighted by atomic mass is 16.1. The average Bonchev–Trinajstić information content (AvgIpc) is 2.40. The van der Waals surface area contributed by atoms with Gasteiger partial charge < -0.3 is 0 Å². The third-order valence-corrected chi connectivity index (χ3v) is 2.81. The minimum absolute atomic E-state index is 0.171. The fraction of sp³-hybridized carbons (Fsp3) is 0.786. The van der Waals surface area contributed by atoms with Crippen LogP contribution in [0, 0.1) is 11.8 Å². The van der Waals surface area contributed by atoms with Crippen LogP contribution in [0.1, 0.15) is 58.7 Å². The smallest absolute Gasteiger partial charge is 0.270 e. The van der Waals surface area contributed by atoms with E-state index in [1.807, 2.05) is 0 Å². The number of nitrogens with zero attached hydrogens (tertiary/aromatic N) is 1. The molecular formula is C14H26N2O. The van der Waals surface area contributed by atoms with Crippen molar-refractivity contribution in [2.75, 3.05) is 0 Å². The zero-order valence-electron chi connectivity index (χ0n) is 12.0. The molecule has 3 nitrogen and oxygen atoms in total. The molecule has 17 heavy (non-hydrogen) atoms. The summed E-state index contributed by atoms with van der Waals surface area (Å²) in [5.74, 6) is 1.34. The number of aromatic nitrogens is 2. The lowest BCUT2D eigenvalue weighted by molar-refractivity contribution is 0.467. The first-order valence-corrected chi connectivity index (χ1v) is 6.64. The first-order chi connectivity index (χ1) is 7.82. The van der Waals surface area contributed by atoms with Gasteiger partial charge >= 0.3 is 0 Å². The molecule has 0 saturated carbocycles. The van der Waals surface area contributed by atoms with Crippen molar-refractivity contribution in [1.29, 1.82) is 0 Å². The molecule has 3 heteroatoms. The summed E-state index contributed by atoms with van der Waals surface area (Å²) in [7, 11) is 0. The minimum atomic E-state index is 0.171. The quantitative estimate of drug-likeness (QED) is 0.840. The van der Waals surface area contributed by atoms with Crippen LogP contribution in [0.3, 0.4) is 0 Å². The normalized spacial score (nSPS) is 12.1. The van der Waals surface area contributed by atoms with Crippen LogP contribution in [-0.2, 0) is 13.0 Å². The summed E-state index contributed by atoms with van der Waals surface area (Å²) >= 11 is 0. The van der Waals surface area contributed by atoms with Gasteiger partial charge in [-0.1, -0.05) is 41.5 Å². The van der Waals surface area contributed by atoms with E-state index in [9.17, 15) is 4.79 Å². The molecule has 0 unspecified atom stereocenters. The second-order valence-corrected chi connectivity index (χ2v) is 6.07. The third kappa shape index (κ3) is 3.48. The molecule has 0 atom stereocenters. The van der Waals surface area contributed by atoms with E-state index >= 15 is 0 Å². The largest absolute Gasteiger partial charge is 0.299 e. The summed E-state index contributed by atoms with van der Waals surface area (Å²) in [5, 5.41) is 3.30. The SMILES string of the molecule is CC(C)Cc1[nH]n(CC(C)C)c(=O)c1C(C)C. The van der Waals surface area contributed by atoms with E-state index in [0.717, 1.165) is 24.2 Å².